The molecule has 9 heteroatoms. The zero-order valence-corrected chi connectivity index (χ0v) is 25.8. The standard InChI is InChI=1S/C35H44N4O5/c1-35(2,3)44-34(42)36-21-19-31-32(40)39(24-30(27-15-9-5-10-16-27)28-17-11-6-12-18-28)22-20-29(38-31)23-37-33(41)43-25-26-13-7-4-8-14-26/h4-18,29-31,38H,19-25H2,1-3H3,(H,36,42)(H,37,41)/t29-,31-/m0/s1. The Balaban J connectivity index is 1.44. The van der Waals surface area contributed by atoms with Crippen molar-refractivity contribution >= 4 is 18.1 Å². The summed E-state index contributed by atoms with van der Waals surface area (Å²) in [7, 11) is 0. The first-order chi connectivity index (χ1) is 21.2. The van der Waals surface area contributed by atoms with Crippen LogP contribution in [0.2, 0.25) is 0 Å². The molecule has 0 saturated carbocycles. The molecule has 44 heavy (non-hydrogen) atoms. The predicted molar refractivity (Wildman–Crippen MR) is 170 cm³/mol. The molecule has 3 aromatic carbocycles. The number of ether oxygens (including phenoxy) is 2. The number of nitrogens with zero attached hydrogens (tertiary/aromatic N) is 1. The third-order valence-corrected chi connectivity index (χ3v) is 7.41. The number of hydrogen-bond acceptors (Lipinski definition) is 6. The molecule has 0 unspecified atom stereocenters. The quantitative estimate of drug-likeness (QED) is 0.279. The number of carbonyl (C=O) groups is 3. The van der Waals surface area contributed by atoms with Crippen LogP contribution in [0.3, 0.4) is 0 Å². The Kier molecular flexibility index (Phi) is 11.8. The van der Waals surface area contributed by atoms with E-state index in [1.165, 1.54) is 0 Å². The normalized spacial score (nSPS) is 17.1. The van der Waals surface area contributed by atoms with Crippen molar-refractivity contribution in [3.8, 4) is 0 Å². The number of alkyl carbamates (subject to hydrolysis) is 2. The van der Waals surface area contributed by atoms with Crippen LogP contribution in [0.5, 0.6) is 0 Å². The van der Waals surface area contributed by atoms with E-state index in [1.54, 1.807) is 20.8 Å². The van der Waals surface area contributed by atoms with Crippen molar-refractivity contribution in [1.29, 1.82) is 0 Å². The zero-order valence-electron chi connectivity index (χ0n) is 25.8. The molecule has 0 spiro atoms. The molecule has 0 bridgehead atoms. The molecule has 0 radical (unpaired) electrons. The Labute approximate surface area is 260 Å². The molecule has 1 saturated heterocycles. The number of nitrogens with one attached hydrogen (secondary N) is 3. The fourth-order valence-electron chi connectivity index (χ4n) is 5.24. The summed E-state index contributed by atoms with van der Waals surface area (Å²) in [5.74, 6) is -0.0495. The minimum absolute atomic E-state index is 0.00970. The van der Waals surface area contributed by atoms with Crippen molar-refractivity contribution < 1.29 is 23.9 Å². The number of rotatable bonds is 11. The second-order valence-electron chi connectivity index (χ2n) is 12.0. The summed E-state index contributed by atoms with van der Waals surface area (Å²) in [6.07, 6.45) is -0.0375. The monoisotopic (exact) mass is 600 g/mol. The zero-order chi connectivity index (χ0) is 31.4. The minimum atomic E-state index is -0.618. The molecule has 234 valence electrons. The van der Waals surface area contributed by atoms with E-state index in [2.05, 4.69) is 40.2 Å². The third kappa shape index (κ3) is 10.4. The van der Waals surface area contributed by atoms with Gasteiger partial charge in [0.25, 0.3) is 0 Å². The van der Waals surface area contributed by atoms with Crippen molar-refractivity contribution in [3.05, 3.63) is 108 Å². The van der Waals surface area contributed by atoms with Crippen LogP contribution in [0, 0.1) is 0 Å². The van der Waals surface area contributed by atoms with Gasteiger partial charge in [0.15, 0.2) is 0 Å². The summed E-state index contributed by atoms with van der Waals surface area (Å²) in [6, 6.07) is 29.2. The lowest BCUT2D eigenvalue weighted by Gasteiger charge is -2.29. The molecule has 1 aliphatic rings. The van der Waals surface area contributed by atoms with Crippen molar-refractivity contribution in [3.63, 3.8) is 0 Å². The number of benzene rings is 3. The Morgan fingerprint density at radius 3 is 2.07 bits per heavy atom. The first-order valence-corrected chi connectivity index (χ1v) is 15.2. The fourth-order valence-corrected chi connectivity index (χ4v) is 5.24. The maximum absolute atomic E-state index is 14.0. The first-order valence-electron chi connectivity index (χ1n) is 15.2. The predicted octanol–water partition coefficient (Wildman–Crippen LogP) is 5.22. The second-order valence-corrected chi connectivity index (χ2v) is 12.0. The Bertz CT molecular complexity index is 1290. The van der Waals surface area contributed by atoms with Crippen molar-refractivity contribution in [2.24, 2.45) is 0 Å². The minimum Gasteiger partial charge on any atom is -0.445 e. The summed E-state index contributed by atoms with van der Waals surface area (Å²) in [4.78, 5) is 40.6. The van der Waals surface area contributed by atoms with Gasteiger partial charge in [0, 0.05) is 38.1 Å². The third-order valence-electron chi connectivity index (χ3n) is 7.41. The largest absolute Gasteiger partial charge is 0.445 e. The fraction of sp³-hybridized carbons (Fsp3) is 0.400. The molecule has 1 aliphatic heterocycles. The Morgan fingerprint density at radius 1 is 0.886 bits per heavy atom. The van der Waals surface area contributed by atoms with Crippen LogP contribution in [0.15, 0.2) is 91.0 Å². The maximum Gasteiger partial charge on any atom is 0.407 e. The molecule has 4 rings (SSSR count). The van der Waals surface area contributed by atoms with E-state index in [1.807, 2.05) is 71.6 Å². The molecule has 0 aliphatic carbocycles. The number of carbonyl (C=O) groups excluding carboxylic acids is 3. The van der Waals surface area contributed by atoms with Gasteiger partial charge in [-0.25, -0.2) is 9.59 Å². The van der Waals surface area contributed by atoms with E-state index in [-0.39, 0.29) is 31.0 Å². The van der Waals surface area contributed by atoms with Gasteiger partial charge >= 0.3 is 12.2 Å². The average Bonchev–Trinajstić information content (AvgIpc) is 3.16. The second kappa shape index (κ2) is 15.9. The highest BCUT2D eigenvalue weighted by Crippen LogP contribution is 2.27. The van der Waals surface area contributed by atoms with Gasteiger partial charge in [-0.1, -0.05) is 91.0 Å². The van der Waals surface area contributed by atoms with Gasteiger partial charge in [-0.2, -0.15) is 0 Å². The van der Waals surface area contributed by atoms with Crippen LogP contribution >= 0.6 is 0 Å². The highest BCUT2D eigenvalue weighted by Gasteiger charge is 2.33. The summed E-state index contributed by atoms with van der Waals surface area (Å²) in [5, 5.41) is 9.07. The molecule has 0 aromatic heterocycles. The van der Waals surface area contributed by atoms with Crippen LogP contribution in [0.25, 0.3) is 0 Å². The maximum atomic E-state index is 14.0. The van der Waals surface area contributed by atoms with Crippen LogP contribution < -0.4 is 16.0 Å². The van der Waals surface area contributed by atoms with E-state index < -0.39 is 23.8 Å². The van der Waals surface area contributed by atoms with Crippen LogP contribution in [-0.2, 0) is 20.9 Å². The van der Waals surface area contributed by atoms with Crippen LogP contribution in [0.4, 0.5) is 9.59 Å². The van der Waals surface area contributed by atoms with Crippen LogP contribution in [0.1, 0.15) is 56.2 Å². The lowest BCUT2D eigenvalue weighted by atomic mass is 9.90. The summed E-state index contributed by atoms with van der Waals surface area (Å²) >= 11 is 0. The van der Waals surface area contributed by atoms with E-state index in [9.17, 15) is 14.4 Å². The van der Waals surface area contributed by atoms with Gasteiger partial charge < -0.3 is 30.3 Å². The van der Waals surface area contributed by atoms with E-state index in [0.29, 0.717) is 32.5 Å². The molecule has 1 fully saturated rings. The highest BCUT2D eigenvalue weighted by molar-refractivity contribution is 5.82. The van der Waals surface area contributed by atoms with E-state index in [0.717, 1.165) is 16.7 Å². The molecular formula is C35H44N4O5. The summed E-state index contributed by atoms with van der Waals surface area (Å²) in [5.41, 5.74) is 2.55. The first kappa shape index (κ1) is 32.5. The van der Waals surface area contributed by atoms with Gasteiger partial charge in [0.05, 0.1) is 6.04 Å². The molecule has 9 nitrogen and oxygen atoms in total. The highest BCUT2D eigenvalue weighted by atomic mass is 16.6. The molecule has 2 atom stereocenters. The van der Waals surface area contributed by atoms with Crippen molar-refractivity contribution in [2.45, 2.75) is 63.8 Å². The van der Waals surface area contributed by atoms with E-state index >= 15 is 0 Å². The van der Waals surface area contributed by atoms with Gasteiger partial charge in [-0.15, -0.1) is 0 Å². The topological polar surface area (TPSA) is 109 Å². The van der Waals surface area contributed by atoms with Crippen LogP contribution in [-0.4, -0.2) is 66.9 Å². The lowest BCUT2D eigenvalue weighted by Crippen LogP contribution is -2.50. The van der Waals surface area contributed by atoms with Gasteiger partial charge in [0.1, 0.15) is 12.2 Å². The SMILES string of the molecule is CC(C)(C)OC(=O)NCC[C@@H]1N[C@H](CNC(=O)OCc2ccccc2)CCN(CC(c2ccccc2)c2ccccc2)C1=O. The summed E-state index contributed by atoms with van der Waals surface area (Å²) in [6.45, 7) is 7.17. The average molecular weight is 601 g/mol. The lowest BCUT2D eigenvalue weighted by molar-refractivity contribution is -0.133. The van der Waals surface area contributed by atoms with Gasteiger partial charge in [0.2, 0.25) is 5.91 Å². The Hall–Kier alpha value is -4.37. The molecule has 3 amide bonds. The molecular weight excluding hydrogens is 556 g/mol. The Morgan fingerprint density at radius 2 is 1.48 bits per heavy atom. The smallest absolute Gasteiger partial charge is 0.407 e. The molecule has 3 aromatic rings. The van der Waals surface area contributed by atoms with Gasteiger partial charge in [-0.3, -0.25) is 4.79 Å². The summed E-state index contributed by atoms with van der Waals surface area (Å²) < 4.78 is 10.7. The van der Waals surface area contributed by atoms with Crippen molar-refractivity contribution in [1.82, 2.24) is 20.9 Å². The van der Waals surface area contributed by atoms with Crippen molar-refractivity contribution in [2.75, 3.05) is 26.2 Å². The molecule has 3 N–H and O–H groups in total. The number of hydrogen-bond donors (Lipinski definition) is 3. The number of amides is 3. The van der Waals surface area contributed by atoms with Gasteiger partial charge in [-0.05, 0) is 50.3 Å². The van der Waals surface area contributed by atoms with E-state index in [4.69, 9.17) is 9.47 Å². The molecule has 1 heterocycles.